The Bertz CT molecular complexity index is 1990. The summed E-state index contributed by atoms with van der Waals surface area (Å²) in [7, 11) is -5.37. The molecule has 0 radical (unpaired) electrons. The van der Waals surface area contributed by atoms with Crippen LogP contribution in [0.1, 0.15) is 38.8 Å². The minimum atomic E-state index is -5.37. The number of hydrogen-bond donors (Lipinski definition) is 0. The predicted molar refractivity (Wildman–Crippen MR) is 176 cm³/mol. The van der Waals surface area contributed by atoms with E-state index < -0.39 is 55.0 Å². The molecule has 0 unspecified atom stereocenters. The van der Waals surface area contributed by atoms with Gasteiger partial charge in [0.2, 0.25) is 0 Å². The van der Waals surface area contributed by atoms with Crippen molar-refractivity contribution in [3.63, 3.8) is 0 Å². The van der Waals surface area contributed by atoms with E-state index in [-0.39, 0.29) is 106 Å². The Morgan fingerprint density at radius 2 is 1.92 bits per heavy atom. The van der Waals surface area contributed by atoms with Gasteiger partial charge in [-0.1, -0.05) is 24.3 Å². The molecule has 0 saturated carbocycles. The summed E-state index contributed by atoms with van der Waals surface area (Å²) >= 11 is 2.14. The molecule has 12 nitrogen and oxygen atoms in total. The number of phosphoric acid groups is 1. The number of carbonyl (C=O) groups excluding carboxylic acids is 1. The average molecular weight is 807 g/mol. The summed E-state index contributed by atoms with van der Waals surface area (Å²) in [4.78, 5) is 39.9. The Kier molecular flexibility index (Phi) is 17.7. The van der Waals surface area contributed by atoms with Crippen molar-refractivity contribution in [1.82, 2.24) is 14.8 Å². The summed E-state index contributed by atoms with van der Waals surface area (Å²) < 4.78 is 78.7. The molecule has 0 amide bonds. The summed E-state index contributed by atoms with van der Waals surface area (Å²) in [5.41, 5.74) is -1.49. The molecule has 0 bridgehead atoms. The van der Waals surface area contributed by atoms with Gasteiger partial charge in [-0.3, -0.25) is 0 Å². The van der Waals surface area contributed by atoms with E-state index >= 15 is 4.39 Å². The number of phosphoric ester groups is 1. The maximum Gasteiger partial charge on any atom is 1.00 e. The minimum Gasteiger partial charge on any atom is -0.790 e. The van der Waals surface area contributed by atoms with E-state index in [1.807, 2.05) is 6.07 Å². The zero-order valence-corrected chi connectivity index (χ0v) is 35.1. The van der Waals surface area contributed by atoms with Crippen LogP contribution >= 0.6 is 30.9 Å². The standard InChI is InChI=1S/C33H30F3N4O8PS2.2Na/c1-21(51-26-16-45-30(46-17-26)5-3-2-4-23-7-6-22(14-37)12-28(23)35)33(18-40-20-38-19-39-40,27-9-8-25(34)13-29(27)36)48-32(41)31-24(10-11-50-31)15-47-49(42,43)44;;/h2-13,19-21,26,30H,15-18H2,1H3,(H2,42,43,44);;/q;2*+1/p-2/b4-2+,5-3+;;/t21-,26?,30?,33-;;/m1../s1. The topological polar surface area (TPSA) is 172 Å². The van der Waals surface area contributed by atoms with Crippen LogP contribution < -0.4 is 68.9 Å². The number of esters is 1. The number of halogens is 3. The smallest absolute Gasteiger partial charge is 0.790 e. The number of hydrogen-bond acceptors (Lipinski definition) is 13. The maximum absolute atomic E-state index is 15.7. The minimum absolute atomic E-state index is 0. The van der Waals surface area contributed by atoms with Crippen LogP contribution in [-0.2, 0) is 42.1 Å². The van der Waals surface area contributed by atoms with Crippen molar-refractivity contribution in [2.75, 3.05) is 13.2 Å². The SMILES string of the molecule is C[C@@H](SC1COC(/C=C/C=C/c2ccc(C#N)cc2F)OC1)[C@@](Cn1cncn1)(OC(=O)c1sccc1COP(=O)([O-])[O-])c1ccc(F)cc1F.[Na+].[Na+]. The Morgan fingerprint density at radius 1 is 1.17 bits per heavy atom. The number of aromatic nitrogens is 3. The first-order valence-corrected chi connectivity index (χ1v) is 18.3. The van der Waals surface area contributed by atoms with E-state index in [0.29, 0.717) is 11.6 Å². The van der Waals surface area contributed by atoms with Gasteiger partial charge in [0.05, 0.1) is 51.1 Å². The predicted octanol–water partition coefficient (Wildman–Crippen LogP) is -1.13. The van der Waals surface area contributed by atoms with Crippen molar-refractivity contribution in [2.45, 2.75) is 42.5 Å². The van der Waals surface area contributed by atoms with Crippen molar-refractivity contribution >= 4 is 43.0 Å². The van der Waals surface area contributed by atoms with E-state index in [9.17, 15) is 27.9 Å². The third-order valence-corrected chi connectivity index (χ3v) is 10.4. The summed E-state index contributed by atoms with van der Waals surface area (Å²) in [6.07, 6.45) is 8.19. The molecule has 1 saturated heterocycles. The van der Waals surface area contributed by atoms with Crippen molar-refractivity contribution < 1.29 is 110 Å². The van der Waals surface area contributed by atoms with Gasteiger partial charge in [-0.25, -0.2) is 27.6 Å². The second kappa shape index (κ2) is 20.7. The zero-order valence-electron chi connectivity index (χ0n) is 28.6. The van der Waals surface area contributed by atoms with Crippen LogP contribution in [0, 0.1) is 28.8 Å². The maximum atomic E-state index is 15.7. The Morgan fingerprint density at radius 3 is 2.57 bits per heavy atom. The summed E-state index contributed by atoms with van der Waals surface area (Å²) in [6.45, 7) is 1.01. The molecule has 20 heteroatoms. The number of thioether (sulfide) groups is 1. The third kappa shape index (κ3) is 12.4. The van der Waals surface area contributed by atoms with Crippen LogP contribution in [0.25, 0.3) is 6.08 Å². The molecule has 2 aromatic carbocycles. The number of ether oxygens (including phenoxy) is 3. The fraction of sp³-hybridized carbons (Fsp3) is 0.273. The number of nitrogens with zero attached hydrogens (tertiary/aromatic N) is 4. The first-order chi connectivity index (χ1) is 24.4. The van der Waals surface area contributed by atoms with Crippen molar-refractivity contribution in [1.29, 1.82) is 5.26 Å². The van der Waals surface area contributed by atoms with Gasteiger partial charge < -0.3 is 33.1 Å². The molecule has 2 atom stereocenters. The second-order valence-electron chi connectivity index (χ2n) is 11.0. The molecular formula is C33H28F3N4Na2O8PS2. The van der Waals surface area contributed by atoms with E-state index in [1.165, 1.54) is 64.8 Å². The number of carbonyl (C=O) groups is 1. The molecule has 53 heavy (non-hydrogen) atoms. The summed E-state index contributed by atoms with van der Waals surface area (Å²) in [6, 6.07) is 10.2. The van der Waals surface area contributed by atoms with Crippen LogP contribution in [0.3, 0.4) is 0 Å². The molecule has 268 valence electrons. The van der Waals surface area contributed by atoms with Crippen molar-refractivity contribution in [3.8, 4) is 6.07 Å². The number of benzene rings is 2. The van der Waals surface area contributed by atoms with Gasteiger partial charge in [-0.05, 0) is 48.7 Å². The number of nitriles is 1. The fourth-order valence-electron chi connectivity index (χ4n) is 5.11. The number of thiophene rings is 1. The van der Waals surface area contributed by atoms with Crippen LogP contribution in [0.2, 0.25) is 0 Å². The zero-order chi connectivity index (χ0) is 36.6. The normalized spacial score (nSPS) is 17.8. The monoisotopic (exact) mass is 806 g/mol. The molecule has 1 aliphatic rings. The molecule has 1 aliphatic heterocycles. The Balaban J connectivity index is 0.00000378. The molecule has 0 N–H and O–H groups in total. The van der Waals surface area contributed by atoms with Crippen LogP contribution in [0.15, 0.2) is 78.7 Å². The molecule has 1 fully saturated rings. The van der Waals surface area contributed by atoms with Crippen LogP contribution in [-0.4, -0.2) is 50.7 Å². The van der Waals surface area contributed by atoms with E-state index in [0.717, 1.165) is 23.5 Å². The Hall–Kier alpha value is -2.11. The summed E-state index contributed by atoms with van der Waals surface area (Å²) in [5, 5.41) is 13.3. The van der Waals surface area contributed by atoms with Gasteiger partial charge in [-0.2, -0.15) is 10.4 Å². The molecule has 0 spiro atoms. The molecular weight excluding hydrogens is 778 g/mol. The molecule has 2 aromatic heterocycles. The number of allylic oxidation sites excluding steroid dienone is 2. The number of rotatable bonds is 14. The van der Waals surface area contributed by atoms with Crippen molar-refractivity contribution in [2.24, 2.45) is 0 Å². The van der Waals surface area contributed by atoms with Crippen LogP contribution in [0.4, 0.5) is 13.2 Å². The first-order valence-electron chi connectivity index (χ1n) is 15.0. The first kappa shape index (κ1) is 45.3. The largest absolute Gasteiger partial charge is 1.00 e. The van der Waals surface area contributed by atoms with Gasteiger partial charge in [0.1, 0.15) is 35.0 Å². The van der Waals surface area contributed by atoms with E-state index in [2.05, 4.69) is 14.6 Å². The second-order valence-corrected chi connectivity index (χ2v) is 14.7. The molecule has 0 aliphatic carbocycles. The van der Waals surface area contributed by atoms with Gasteiger partial charge >= 0.3 is 65.1 Å². The van der Waals surface area contributed by atoms with E-state index in [4.69, 9.17) is 19.5 Å². The molecule has 5 rings (SSSR count). The fourth-order valence-corrected chi connectivity index (χ4v) is 7.56. The van der Waals surface area contributed by atoms with Crippen molar-refractivity contribution in [3.05, 3.63) is 123 Å². The third-order valence-electron chi connectivity index (χ3n) is 7.57. The van der Waals surface area contributed by atoms with Gasteiger partial charge in [-0.15, -0.1) is 23.1 Å². The quantitative estimate of drug-likeness (QED) is 0.0651. The van der Waals surface area contributed by atoms with Gasteiger partial charge in [0, 0.05) is 28.0 Å². The molecule has 4 aromatic rings. The molecule has 3 heterocycles. The average Bonchev–Trinajstić information content (AvgIpc) is 3.79. The van der Waals surface area contributed by atoms with E-state index in [1.54, 1.807) is 25.2 Å². The van der Waals surface area contributed by atoms with Crippen LogP contribution in [0.5, 0.6) is 0 Å². The van der Waals surface area contributed by atoms with Gasteiger partial charge in [0.15, 0.2) is 11.9 Å². The summed E-state index contributed by atoms with van der Waals surface area (Å²) in [5.74, 6) is -3.38. The van der Waals surface area contributed by atoms with Gasteiger partial charge in [0.25, 0.3) is 0 Å². The Labute approximate surface area is 355 Å².